The highest BCUT2D eigenvalue weighted by Gasteiger charge is 2.02. The maximum absolute atomic E-state index is 5.69. The predicted octanol–water partition coefficient (Wildman–Crippen LogP) is 3.63. The van der Waals surface area contributed by atoms with Crippen LogP contribution in [0.2, 0.25) is 0 Å². The second-order valence-electron chi connectivity index (χ2n) is 3.82. The third-order valence-electron chi connectivity index (χ3n) is 2.41. The van der Waals surface area contributed by atoms with E-state index in [0.29, 0.717) is 6.61 Å². The smallest absolute Gasteiger partial charge is 0.157 e. The van der Waals surface area contributed by atoms with Gasteiger partial charge < -0.3 is 4.74 Å². The van der Waals surface area contributed by atoms with Gasteiger partial charge in [-0.1, -0.05) is 41.1 Å². The van der Waals surface area contributed by atoms with Crippen LogP contribution in [0.4, 0.5) is 0 Å². The molecule has 1 aromatic carbocycles. The zero-order chi connectivity index (χ0) is 12.1. The second kappa shape index (κ2) is 5.87. The Morgan fingerprint density at radius 2 is 2.18 bits per heavy atom. The lowest BCUT2D eigenvalue weighted by molar-refractivity contribution is 0.305. The predicted molar refractivity (Wildman–Crippen MR) is 71.0 cm³/mol. The molecule has 0 aliphatic rings. The van der Waals surface area contributed by atoms with E-state index in [9.17, 15) is 0 Å². The summed E-state index contributed by atoms with van der Waals surface area (Å²) in [5, 5.41) is 4.22. The van der Waals surface area contributed by atoms with Gasteiger partial charge in [0.05, 0.1) is 12.4 Å². The largest absolute Gasteiger partial charge is 0.486 e. The summed E-state index contributed by atoms with van der Waals surface area (Å²) in [6.07, 6.45) is 4.76. The van der Waals surface area contributed by atoms with Crippen molar-refractivity contribution in [3.63, 3.8) is 0 Å². The van der Waals surface area contributed by atoms with Crippen molar-refractivity contribution >= 4 is 15.9 Å². The number of hydrogen-bond acceptors (Lipinski definition) is 2. The average Bonchev–Trinajstić information content (AvgIpc) is 2.76. The molecule has 0 aliphatic heterocycles. The number of benzene rings is 1. The first-order valence-electron chi connectivity index (χ1n) is 5.68. The van der Waals surface area contributed by atoms with Crippen LogP contribution in [0.25, 0.3) is 0 Å². The Balaban J connectivity index is 1.95. The summed E-state index contributed by atoms with van der Waals surface area (Å²) in [5.41, 5.74) is 1.13. The normalized spacial score (nSPS) is 10.5. The van der Waals surface area contributed by atoms with Crippen LogP contribution in [-0.4, -0.2) is 9.78 Å². The zero-order valence-electron chi connectivity index (χ0n) is 9.77. The van der Waals surface area contributed by atoms with E-state index in [1.165, 1.54) is 0 Å². The molecule has 2 aromatic rings. The minimum Gasteiger partial charge on any atom is -0.486 e. The third kappa shape index (κ3) is 3.33. The number of ether oxygens (including phenoxy) is 1. The van der Waals surface area contributed by atoms with E-state index in [-0.39, 0.29) is 0 Å². The summed E-state index contributed by atoms with van der Waals surface area (Å²) in [6, 6.07) is 8.05. The molecule has 0 N–H and O–H groups in total. The lowest BCUT2D eigenvalue weighted by Gasteiger charge is -2.05. The van der Waals surface area contributed by atoms with Crippen LogP contribution in [0.5, 0.6) is 5.75 Å². The third-order valence-corrected chi connectivity index (χ3v) is 3.19. The Morgan fingerprint density at radius 3 is 2.94 bits per heavy atom. The lowest BCUT2D eigenvalue weighted by atomic mass is 10.2. The van der Waals surface area contributed by atoms with Gasteiger partial charge in [0.2, 0.25) is 0 Å². The Hall–Kier alpha value is -1.29. The molecule has 0 unspecified atom stereocenters. The molecule has 17 heavy (non-hydrogen) atoms. The van der Waals surface area contributed by atoms with Gasteiger partial charge in [-0.15, -0.1) is 0 Å². The number of rotatable bonds is 5. The molecule has 2 rings (SSSR count). The fraction of sp³-hybridized carbons (Fsp3) is 0.308. The van der Waals surface area contributed by atoms with Gasteiger partial charge in [0.25, 0.3) is 0 Å². The lowest BCUT2D eigenvalue weighted by Crippen LogP contribution is -1.97. The molecule has 0 bridgehead atoms. The first-order valence-corrected chi connectivity index (χ1v) is 6.47. The Kier molecular flexibility index (Phi) is 4.20. The summed E-state index contributed by atoms with van der Waals surface area (Å²) in [6.45, 7) is 3.61. The van der Waals surface area contributed by atoms with Gasteiger partial charge in [0, 0.05) is 16.6 Å². The van der Waals surface area contributed by atoms with Crippen molar-refractivity contribution in [3.8, 4) is 5.75 Å². The van der Waals surface area contributed by atoms with Crippen LogP contribution < -0.4 is 4.74 Å². The van der Waals surface area contributed by atoms with Crippen molar-refractivity contribution in [2.75, 3.05) is 0 Å². The van der Waals surface area contributed by atoms with Crippen molar-refractivity contribution in [2.45, 2.75) is 26.5 Å². The number of halogens is 1. The maximum atomic E-state index is 5.69. The van der Waals surface area contributed by atoms with Gasteiger partial charge in [-0.25, -0.2) is 0 Å². The molecule has 1 aromatic heterocycles. The van der Waals surface area contributed by atoms with Gasteiger partial charge in [-0.3, -0.25) is 4.68 Å². The maximum Gasteiger partial charge on any atom is 0.157 e. The molecule has 0 spiro atoms. The van der Waals surface area contributed by atoms with Crippen molar-refractivity contribution in [1.29, 1.82) is 0 Å². The summed E-state index contributed by atoms with van der Waals surface area (Å²) in [5.74, 6) is 0.814. The van der Waals surface area contributed by atoms with Gasteiger partial charge in [0.1, 0.15) is 6.61 Å². The minimum atomic E-state index is 0.555. The SMILES string of the molecule is CCCn1cc(OCc2ccccc2Br)cn1. The standard InChI is InChI=1S/C13H15BrN2O/c1-2-7-16-9-12(8-15-16)17-10-11-5-3-4-6-13(11)14/h3-6,8-9H,2,7,10H2,1H3. The van der Waals surface area contributed by atoms with E-state index < -0.39 is 0 Å². The molecule has 0 saturated carbocycles. The van der Waals surface area contributed by atoms with E-state index in [1.807, 2.05) is 35.1 Å². The molecule has 0 saturated heterocycles. The van der Waals surface area contributed by atoms with Crippen LogP contribution in [0.1, 0.15) is 18.9 Å². The van der Waals surface area contributed by atoms with Gasteiger partial charge in [-0.05, 0) is 12.5 Å². The summed E-state index contributed by atoms with van der Waals surface area (Å²) < 4.78 is 8.66. The molecule has 90 valence electrons. The van der Waals surface area contributed by atoms with Crippen molar-refractivity contribution in [2.24, 2.45) is 0 Å². The number of aryl methyl sites for hydroxylation is 1. The molecule has 0 fully saturated rings. The molecule has 0 atom stereocenters. The fourth-order valence-electron chi connectivity index (χ4n) is 1.55. The quantitative estimate of drug-likeness (QED) is 0.842. The number of hydrogen-bond donors (Lipinski definition) is 0. The molecule has 4 heteroatoms. The van der Waals surface area contributed by atoms with Gasteiger partial charge in [-0.2, -0.15) is 5.10 Å². The molecule has 0 radical (unpaired) electrons. The highest BCUT2D eigenvalue weighted by molar-refractivity contribution is 9.10. The Morgan fingerprint density at radius 1 is 1.35 bits per heavy atom. The van der Waals surface area contributed by atoms with Crippen LogP contribution in [-0.2, 0) is 13.2 Å². The zero-order valence-corrected chi connectivity index (χ0v) is 11.4. The summed E-state index contributed by atoms with van der Waals surface area (Å²) >= 11 is 3.50. The molecule has 0 amide bonds. The minimum absolute atomic E-state index is 0.555. The van der Waals surface area contributed by atoms with E-state index >= 15 is 0 Å². The molecule has 0 aliphatic carbocycles. The van der Waals surface area contributed by atoms with E-state index in [4.69, 9.17) is 4.74 Å². The average molecular weight is 295 g/mol. The van der Waals surface area contributed by atoms with Gasteiger partial charge in [0.15, 0.2) is 5.75 Å². The Bertz CT molecular complexity index is 482. The van der Waals surface area contributed by atoms with Gasteiger partial charge >= 0.3 is 0 Å². The van der Waals surface area contributed by atoms with Crippen molar-refractivity contribution in [1.82, 2.24) is 9.78 Å². The van der Waals surface area contributed by atoms with Crippen LogP contribution >= 0.6 is 15.9 Å². The number of aromatic nitrogens is 2. The molecule has 1 heterocycles. The Labute approximate surface area is 110 Å². The first kappa shape index (κ1) is 12.2. The number of nitrogens with zero attached hydrogens (tertiary/aromatic N) is 2. The highest BCUT2D eigenvalue weighted by atomic mass is 79.9. The van der Waals surface area contributed by atoms with Crippen molar-refractivity contribution < 1.29 is 4.74 Å². The van der Waals surface area contributed by atoms with Crippen LogP contribution in [0.3, 0.4) is 0 Å². The first-order chi connectivity index (χ1) is 8.29. The fourth-order valence-corrected chi connectivity index (χ4v) is 1.95. The second-order valence-corrected chi connectivity index (χ2v) is 4.67. The van der Waals surface area contributed by atoms with E-state index in [0.717, 1.165) is 28.8 Å². The van der Waals surface area contributed by atoms with E-state index in [2.05, 4.69) is 28.0 Å². The molecular formula is C13H15BrN2O. The summed E-state index contributed by atoms with van der Waals surface area (Å²) in [7, 11) is 0. The van der Waals surface area contributed by atoms with Crippen LogP contribution in [0.15, 0.2) is 41.1 Å². The monoisotopic (exact) mass is 294 g/mol. The molecule has 3 nitrogen and oxygen atoms in total. The topological polar surface area (TPSA) is 27.1 Å². The van der Waals surface area contributed by atoms with Crippen LogP contribution in [0, 0.1) is 0 Å². The summed E-state index contributed by atoms with van der Waals surface area (Å²) in [4.78, 5) is 0. The van der Waals surface area contributed by atoms with Crippen molar-refractivity contribution in [3.05, 3.63) is 46.7 Å². The molecular weight excluding hydrogens is 280 g/mol. The van der Waals surface area contributed by atoms with E-state index in [1.54, 1.807) is 6.20 Å². The highest BCUT2D eigenvalue weighted by Crippen LogP contribution is 2.18.